The monoisotopic (exact) mass is 435 g/mol. The van der Waals surface area contributed by atoms with Crippen molar-refractivity contribution in [2.75, 3.05) is 18.5 Å². The highest BCUT2D eigenvalue weighted by Crippen LogP contribution is 2.26. The summed E-state index contributed by atoms with van der Waals surface area (Å²) in [5, 5.41) is 5.70. The van der Waals surface area contributed by atoms with E-state index in [1.54, 1.807) is 6.20 Å². The molecule has 0 radical (unpaired) electrons. The minimum atomic E-state index is -4.60. The first-order valence-corrected chi connectivity index (χ1v) is 9.29. The van der Waals surface area contributed by atoms with Crippen LogP contribution < -0.4 is 10.6 Å². The van der Waals surface area contributed by atoms with Crippen LogP contribution in [-0.2, 0) is 16.0 Å². The molecule has 0 unspecified atom stereocenters. The maximum Gasteiger partial charge on any atom is 0.422 e. The first-order valence-electron chi connectivity index (χ1n) is 8.10. The summed E-state index contributed by atoms with van der Waals surface area (Å²) in [4.78, 5) is 27.9. The molecule has 152 valence electrons. The van der Waals surface area contributed by atoms with Crippen LogP contribution in [0.15, 0.2) is 24.4 Å². The number of hydrogen-bond acceptors (Lipinski definition) is 5. The number of nitrogens with zero attached hydrogens (tertiary/aromatic N) is 1. The molecular formula is C17H17ClF3N3O3S. The van der Waals surface area contributed by atoms with Crippen LogP contribution in [0.3, 0.4) is 0 Å². The van der Waals surface area contributed by atoms with Gasteiger partial charge in [-0.25, -0.2) is 9.78 Å². The Bertz CT molecular complexity index is 843. The third-order valence-electron chi connectivity index (χ3n) is 3.42. The van der Waals surface area contributed by atoms with Gasteiger partial charge in [0.2, 0.25) is 5.91 Å². The highest BCUT2D eigenvalue weighted by Gasteiger charge is 2.29. The van der Waals surface area contributed by atoms with Crippen molar-refractivity contribution in [2.24, 2.45) is 0 Å². The van der Waals surface area contributed by atoms with Gasteiger partial charge >= 0.3 is 12.3 Å². The molecule has 28 heavy (non-hydrogen) atoms. The number of amides is 2. The van der Waals surface area contributed by atoms with Gasteiger partial charge in [-0.1, -0.05) is 29.8 Å². The summed E-state index contributed by atoms with van der Waals surface area (Å²) < 4.78 is 39.7. The summed E-state index contributed by atoms with van der Waals surface area (Å²) in [5.74, 6) is -0.439. The summed E-state index contributed by atoms with van der Waals surface area (Å²) >= 11 is 7.55. The number of aromatic nitrogens is 1. The van der Waals surface area contributed by atoms with E-state index in [9.17, 15) is 22.8 Å². The zero-order valence-electron chi connectivity index (χ0n) is 14.7. The number of carbonyl (C=O) groups excluding carboxylic acids is 2. The van der Waals surface area contributed by atoms with Crippen molar-refractivity contribution in [2.45, 2.75) is 25.9 Å². The Kier molecular flexibility index (Phi) is 7.64. The van der Waals surface area contributed by atoms with Crippen molar-refractivity contribution in [1.82, 2.24) is 10.3 Å². The topological polar surface area (TPSA) is 80.3 Å². The van der Waals surface area contributed by atoms with E-state index in [2.05, 4.69) is 20.4 Å². The minimum Gasteiger partial charge on any atom is -0.440 e. The number of alkyl carbamates (subject to hydrolysis) is 1. The molecule has 11 heteroatoms. The number of alkyl halides is 3. The molecule has 2 amide bonds. The lowest BCUT2D eigenvalue weighted by Gasteiger charge is -2.08. The van der Waals surface area contributed by atoms with Crippen LogP contribution in [0.25, 0.3) is 0 Å². The molecule has 0 aliphatic carbocycles. The summed E-state index contributed by atoms with van der Waals surface area (Å²) in [7, 11) is 0. The van der Waals surface area contributed by atoms with Crippen molar-refractivity contribution in [1.29, 1.82) is 0 Å². The van der Waals surface area contributed by atoms with Crippen molar-refractivity contribution in [3.8, 4) is 0 Å². The molecule has 0 atom stereocenters. The maximum atomic E-state index is 11.9. The Hall–Kier alpha value is -2.33. The standard InChI is InChI=1S/C17H17ClF3N3O3S/c1-10-3-2-4-11(14(10)18)7-12-8-23-15(28-12)24-13(25)5-6-22-16(26)27-9-17(19,20)21/h2-4,8H,5-7,9H2,1H3,(H,22,26)(H,23,24,25). The first-order chi connectivity index (χ1) is 13.1. The normalized spacial score (nSPS) is 11.2. The molecule has 2 aromatic rings. The Morgan fingerprint density at radius 2 is 2.07 bits per heavy atom. The quantitative estimate of drug-likeness (QED) is 0.679. The van der Waals surface area contributed by atoms with E-state index >= 15 is 0 Å². The Balaban J connectivity index is 1.76. The average Bonchev–Trinajstić information content (AvgIpc) is 3.03. The molecular weight excluding hydrogens is 419 g/mol. The fourth-order valence-corrected chi connectivity index (χ4v) is 3.18. The van der Waals surface area contributed by atoms with Crippen LogP contribution in [0.2, 0.25) is 5.02 Å². The number of carbonyl (C=O) groups is 2. The molecule has 0 aliphatic rings. The molecule has 0 spiro atoms. The summed E-state index contributed by atoms with van der Waals surface area (Å²) in [5.41, 5.74) is 1.92. The van der Waals surface area contributed by atoms with Gasteiger partial charge in [-0.05, 0) is 18.1 Å². The van der Waals surface area contributed by atoms with Gasteiger partial charge in [0.1, 0.15) is 0 Å². The van der Waals surface area contributed by atoms with Crippen molar-refractivity contribution in [3.63, 3.8) is 0 Å². The molecule has 2 rings (SSSR count). The highest BCUT2D eigenvalue weighted by molar-refractivity contribution is 7.15. The summed E-state index contributed by atoms with van der Waals surface area (Å²) in [6.45, 7) is 0.0641. The Morgan fingerprint density at radius 3 is 2.79 bits per heavy atom. The Morgan fingerprint density at radius 1 is 1.32 bits per heavy atom. The van der Waals surface area contributed by atoms with Crippen molar-refractivity contribution in [3.05, 3.63) is 45.4 Å². The Labute approximate surface area is 168 Å². The molecule has 0 saturated carbocycles. The average molecular weight is 436 g/mol. The van der Waals surface area contributed by atoms with Crippen molar-refractivity contribution < 1.29 is 27.5 Å². The number of thiazole rings is 1. The van der Waals surface area contributed by atoms with E-state index in [1.165, 1.54) is 11.3 Å². The highest BCUT2D eigenvalue weighted by atomic mass is 35.5. The first kappa shape index (κ1) is 22.0. The van der Waals surface area contributed by atoms with Gasteiger partial charge in [-0.2, -0.15) is 13.2 Å². The smallest absolute Gasteiger partial charge is 0.422 e. The van der Waals surface area contributed by atoms with Crippen LogP contribution in [0.5, 0.6) is 0 Å². The molecule has 2 N–H and O–H groups in total. The zero-order chi connectivity index (χ0) is 20.7. The summed E-state index contributed by atoms with van der Waals surface area (Å²) in [6, 6.07) is 5.74. The molecule has 6 nitrogen and oxygen atoms in total. The number of anilines is 1. The summed E-state index contributed by atoms with van der Waals surface area (Å²) in [6.07, 6.45) is -3.77. The van der Waals surface area contributed by atoms with Crippen LogP contribution in [0.1, 0.15) is 22.4 Å². The molecule has 0 bridgehead atoms. The van der Waals surface area contributed by atoms with E-state index in [0.717, 1.165) is 16.0 Å². The number of hydrogen-bond donors (Lipinski definition) is 2. The number of benzene rings is 1. The molecule has 0 saturated heterocycles. The van der Waals surface area contributed by atoms with E-state index < -0.39 is 24.8 Å². The minimum absolute atomic E-state index is 0.139. The third kappa shape index (κ3) is 7.35. The van der Waals surface area contributed by atoms with Gasteiger partial charge in [0, 0.05) is 35.5 Å². The van der Waals surface area contributed by atoms with Gasteiger partial charge in [0.05, 0.1) is 0 Å². The fourth-order valence-electron chi connectivity index (χ4n) is 2.14. The number of ether oxygens (including phenoxy) is 1. The van der Waals surface area contributed by atoms with Gasteiger partial charge in [0.15, 0.2) is 11.7 Å². The second-order valence-electron chi connectivity index (χ2n) is 5.77. The predicted molar refractivity (Wildman–Crippen MR) is 99.8 cm³/mol. The largest absolute Gasteiger partial charge is 0.440 e. The maximum absolute atomic E-state index is 11.9. The van der Waals surface area contributed by atoms with Gasteiger partial charge < -0.3 is 15.4 Å². The lowest BCUT2D eigenvalue weighted by atomic mass is 10.1. The number of halogens is 4. The van der Waals surface area contributed by atoms with E-state index in [4.69, 9.17) is 11.6 Å². The lowest BCUT2D eigenvalue weighted by molar-refractivity contribution is -0.160. The van der Waals surface area contributed by atoms with Gasteiger partial charge in [-0.15, -0.1) is 11.3 Å². The van der Waals surface area contributed by atoms with Gasteiger partial charge in [0.25, 0.3) is 0 Å². The van der Waals surface area contributed by atoms with Crippen LogP contribution in [0.4, 0.5) is 23.1 Å². The molecule has 0 fully saturated rings. The van der Waals surface area contributed by atoms with Crippen LogP contribution in [0, 0.1) is 6.92 Å². The van der Waals surface area contributed by atoms with E-state index in [0.29, 0.717) is 16.6 Å². The number of nitrogens with one attached hydrogen (secondary N) is 2. The fraction of sp³-hybridized carbons (Fsp3) is 0.353. The van der Waals surface area contributed by atoms with E-state index in [-0.39, 0.29) is 13.0 Å². The van der Waals surface area contributed by atoms with Crippen molar-refractivity contribution >= 4 is 40.1 Å². The molecule has 1 aromatic carbocycles. The molecule has 0 aliphatic heterocycles. The SMILES string of the molecule is Cc1cccc(Cc2cnc(NC(=O)CCNC(=O)OCC(F)(F)F)s2)c1Cl. The number of rotatable bonds is 7. The lowest BCUT2D eigenvalue weighted by Crippen LogP contribution is -2.31. The second kappa shape index (κ2) is 9.74. The van der Waals surface area contributed by atoms with Crippen LogP contribution in [-0.4, -0.2) is 36.3 Å². The van der Waals surface area contributed by atoms with Gasteiger partial charge in [-0.3, -0.25) is 4.79 Å². The number of aryl methyl sites for hydroxylation is 1. The second-order valence-corrected chi connectivity index (χ2v) is 7.27. The zero-order valence-corrected chi connectivity index (χ0v) is 16.3. The third-order valence-corrected chi connectivity index (χ3v) is 4.88. The molecule has 1 aromatic heterocycles. The van der Waals surface area contributed by atoms with Crippen LogP contribution >= 0.6 is 22.9 Å². The van der Waals surface area contributed by atoms with E-state index in [1.807, 2.05) is 25.1 Å². The predicted octanol–water partition coefficient (Wildman–Crippen LogP) is 4.31. The molecule has 1 heterocycles.